The van der Waals surface area contributed by atoms with Gasteiger partial charge in [-0.25, -0.2) is 0 Å². The van der Waals surface area contributed by atoms with E-state index in [1.807, 2.05) is 11.8 Å². The van der Waals surface area contributed by atoms with E-state index in [0.717, 1.165) is 12.8 Å². The number of rotatable bonds is 6. The molecule has 1 heterocycles. The van der Waals surface area contributed by atoms with Crippen molar-refractivity contribution < 1.29 is 18.0 Å². The molecule has 1 aliphatic heterocycles. The summed E-state index contributed by atoms with van der Waals surface area (Å²) in [7, 11) is 0. The molecule has 0 radical (unpaired) electrons. The predicted octanol–water partition coefficient (Wildman–Crippen LogP) is 1.42. The lowest BCUT2D eigenvalue weighted by Crippen LogP contribution is -2.54. The maximum Gasteiger partial charge on any atom is 0.390 e. The second-order valence-electron chi connectivity index (χ2n) is 6.21. The Hall–Kier alpha value is -0.780. The molecule has 0 atom stereocenters. The normalized spacial score (nSPS) is 19.4. The summed E-state index contributed by atoms with van der Waals surface area (Å²) in [5.74, 6) is 0.570. The zero-order chi connectivity index (χ0) is 17.6. The van der Waals surface area contributed by atoms with Gasteiger partial charge < -0.3 is 15.5 Å². The molecular weight excluding hydrogens is 450 g/mol. The van der Waals surface area contributed by atoms with Crippen molar-refractivity contribution in [2.75, 3.05) is 45.8 Å². The SMILES string of the molecule is CCNC(=NCCC(F)(F)F)N1CCN(CC(=O)NC2CC2)CC1.I. The van der Waals surface area contributed by atoms with Crippen LogP contribution in [-0.4, -0.2) is 79.7 Å². The Balaban J connectivity index is 0.00000312. The fourth-order valence-electron chi connectivity index (χ4n) is 2.54. The van der Waals surface area contributed by atoms with Gasteiger partial charge in [0, 0.05) is 38.8 Å². The maximum atomic E-state index is 12.3. The standard InChI is InChI=1S/C15H26F3N5O.HI/c1-2-19-14(20-6-5-15(16,17)18)23-9-7-22(8-10-23)11-13(24)21-12-3-4-12;/h12H,2-11H2,1H3,(H,19,20)(H,21,24);1H. The molecule has 2 rings (SSSR count). The van der Waals surface area contributed by atoms with Crippen molar-refractivity contribution in [2.24, 2.45) is 4.99 Å². The zero-order valence-corrected chi connectivity index (χ0v) is 16.8. The summed E-state index contributed by atoms with van der Waals surface area (Å²) < 4.78 is 36.8. The number of piperazine rings is 1. The number of hydrogen-bond acceptors (Lipinski definition) is 3. The molecule has 1 aliphatic carbocycles. The number of carbonyl (C=O) groups excluding carboxylic acids is 1. The number of halogens is 4. The van der Waals surface area contributed by atoms with Gasteiger partial charge in [-0.05, 0) is 19.8 Å². The van der Waals surface area contributed by atoms with Gasteiger partial charge in [-0.2, -0.15) is 13.2 Å². The van der Waals surface area contributed by atoms with Crippen LogP contribution in [0, 0.1) is 0 Å². The second-order valence-corrected chi connectivity index (χ2v) is 6.21. The molecule has 2 fully saturated rings. The zero-order valence-electron chi connectivity index (χ0n) is 14.4. The maximum absolute atomic E-state index is 12.3. The van der Waals surface area contributed by atoms with Crippen molar-refractivity contribution in [3.05, 3.63) is 0 Å². The van der Waals surface area contributed by atoms with Crippen molar-refractivity contribution in [3.8, 4) is 0 Å². The van der Waals surface area contributed by atoms with Crippen LogP contribution in [0.2, 0.25) is 0 Å². The van der Waals surface area contributed by atoms with Crippen LogP contribution in [0.25, 0.3) is 0 Å². The van der Waals surface area contributed by atoms with Gasteiger partial charge in [-0.1, -0.05) is 0 Å². The molecule has 10 heteroatoms. The smallest absolute Gasteiger partial charge is 0.357 e. The van der Waals surface area contributed by atoms with Crippen LogP contribution in [0.1, 0.15) is 26.2 Å². The molecule has 1 saturated carbocycles. The van der Waals surface area contributed by atoms with Crippen LogP contribution in [0.3, 0.4) is 0 Å². The van der Waals surface area contributed by atoms with E-state index < -0.39 is 12.6 Å². The topological polar surface area (TPSA) is 60.0 Å². The fraction of sp³-hybridized carbons (Fsp3) is 0.867. The van der Waals surface area contributed by atoms with Crippen LogP contribution >= 0.6 is 24.0 Å². The average molecular weight is 477 g/mol. The molecule has 146 valence electrons. The first-order valence-corrected chi connectivity index (χ1v) is 8.49. The summed E-state index contributed by atoms with van der Waals surface area (Å²) in [5.41, 5.74) is 0. The molecule has 1 saturated heterocycles. The lowest BCUT2D eigenvalue weighted by molar-refractivity contribution is -0.132. The number of alkyl halides is 3. The Morgan fingerprint density at radius 1 is 1.20 bits per heavy atom. The van der Waals surface area contributed by atoms with Crippen molar-refractivity contribution >= 4 is 35.8 Å². The quantitative estimate of drug-likeness (QED) is 0.345. The summed E-state index contributed by atoms with van der Waals surface area (Å²) in [6, 6.07) is 0.361. The molecule has 2 N–H and O–H groups in total. The van der Waals surface area contributed by atoms with Crippen LogP contribution < -0.4 is 10.6 Å². The van der Waals surface area contributed by atoms with E-state index in [2.05, 4.69) is 20.5 Å². The Kier molecular flexibility index (Phi) is 9.25. The minimum atomic E-state index is -4.19. The molecule has 6 nitrogen and oxygen atoms in total. The lowest BCUT2D eigenvalue weighted by atomic mass is 10.3. The summed E-state index contributed by atoms with van der Waals surface area (Å²) >= 11 is 0. The van der Waals surface area contributed by atoms with Crippen molar-refractivity contribution in [2.45, 2.75) is 38.4 Å². The number of amides is 1. The minimum Gasteiger partial charge on any atom is -0.357 e. The van der Waals surface area contributed by atoms with Crippen molar-refractivity contribution in [1.29, 1.82) is 0 Å². The van der Waals surface area contributed by atoms with E-state index in [0.29, 0.717) is 51.3 Å². The molecule has 0 bridgehead atoms. The molecule has 0 unspecified atom stereocenters. The van der Waals surface area contributed by atoms with E-state index in [-0.39, 0.29) is 36.4 Å². The molecular formula is C15H27F3IN5O. The molecule has 0 spiro atoms. The van der Waals surface area contributed by atoms with Gasteiger partial charge in [0.25, 0.3) is 0 Å². The predicted molar refractivity (Wildman–Crippen MR) is 101 cm³/mol. The van der Waals surface area contributed by atoms with E-state index in [1.165, 1.54) is 0 Å². The number of hydrogen-bond donors (Lipinski definition) is 2. The van der Waals surface area contributed by atoms with Gasteiger partial charge in [0.15, 0.2) is 5.96 Å². The van der Waals surface area contributed by atoms with Gasteiger partial charge in [-0.3, -0.25) is 14.7 Å². The van der Waals surface area contributed by atoms with E-state index in [9.17, 15) is 18.0 Å². The number of nitrogens with one attached hydrogen (secondary N) is 2. The number of guanidine groups is 1. The second kappa shape index (κ2) is 10.4. The average Bonchev–Trinajstić information content (AvgIpc) is 3.30. The van der Waals surface area contributed by atoms with E-state index >= 15 is 0 Å². The molecule has 0 aromatic carbocycles. The van der Waals surface area contributed by atoms with Crippen LogP contribution in [0.5, 0.6) is 0 Å². The highest BCUT2D eigenvalue weighted by atomic mass is 127. The largest absolute Gasteiger partial charge is 0.390 e. The van der Waals surface area contributed by atoms with Crippen molar-refractivity contribution in [1.82, 2.24) is 20.4 Å². The number of nitrogens with zero attached hydrogens (tertiary/aromatic N) is 3. The first-order valence-electron chi connectivity index (χ1n) is 8.49. The van der Waals surface area contributed by atoms with E-state index in [4.69, 9.17) is 0 Å². The lowest BCUT2D eigenvalue weighted by Gasteiger charge is -2.36. The van der Waals surface area contributed by atoms with Gasteiger partial charge in [-0.15, -0.1) is 24.0 Å². The molecule has 1 amide bonds. The summed E-state index contributed by atoms with van der Waals surface area (Å²) in [4.78, 5) is 19.9. The van der Waals surface area contributed by atoms with Crippen LogP contribution in [0.4, 0.5) is 13.2 Å². The molecule has 0 aromatic heterocycles. The van der Waals surface area contributed by atoms with Gasteiger partial charge in [0.1, 0.15) is 0 Å². The van der Waals surface area contributed by atoms with Crippen LogP contribution in [0.15, 0.2) is 4.99 Å². The molecule has 25 heavy (non-hydrogen) atoms. The molecule has 0 aromatic rings. The summed E-state index contributed by atoms with van der Waals surface area (Å²) in [6.45, 7) is 5.29. The first-order chi connectivity index (χ1) is 11.4. The van der Waals surface area contributed by atoms with E-state index in [1.54, 1.807) is 0 Å². The third-order valence-corrected chi connectivity index (χ3v) is 3.97. The highest BCUT2D eigenvalue weighted by Gasteiger charge is 2.27. The first kappa shape index (κ1) is 22.3. The Morgan fingerprint density at radius 2 is 1.84 bits per heavy atom. The summed E-state index contributed by atoms with van der Waals surface area (Å²) in [5, 5.41) is 6.00. The van der Waals surface area contributed by atoms with Gasteiger partial charge >= 0.3 is 6.18 Å². The summed E-state index contributed by atoms with van der Waals surface area (Å²) in [6.07, 6.45) is -2.96. The minimum absolute atomic E-state index is 0. The number of carbonyl (C=O) groups is 1. The Labute approximate surface area is 163 Å². The highest BCUT2D eigenvalue weighted by Crippen LogP contribution is 2.19. The third kappa shape index (κ3) is 8.93. The Bertz CT molecular complexity index is 449. The van der Waals surface area contributed by atoms with Gasteiger partial charge in [0.2, 0.25) is 5.91 Å². The third-order valence-electron chi connectivity index (χ3n) is 3.97. The number of aliphatic imine (C=N–C) groups is 1. The van der Waals surface area contributed by atoms with Crippen molar-refractivity contribution in [3.63, 3.8) is 0 Å². The Morgan fingerprint density at radius 3 is 2.36 bits per heavy atom. The van der Waals surface area contributed by atoms with Gasteiger partial charge in [0.05, 0.1) is 19.5 Å². The monoisotopic (exact) mass is 477 g/mol. The van der Waals surface area contributed by atoms with Crippen LogP contribution in [-0.2, 0) is 4.79 Å². The highest BCUT2D eigenvalue weighted by molar-refractivity contribution is 14.0. The fourth-order valence-corrected chi connectivity index (χ4v) is 2.54. The molecule has 2 aliphatic rings.